The maximum atomic E-state index is 16.7. The molecule has 3 aliphatic heterocycles. The van der Waals surface area contributed by atoms with Crippen LogP contribution in [0.1, 0.15) is 82.6 Å². The molecule has 9 rings (SSSR count). The van der Waals surface area contributed by atoms with Crippen molar-refractivity contribution in [1.29, 1.82) is 0 Å². The van der Waals surface area contributed by atoms with E-state index in [1.54, 1.807) is 73.7 Å². The number of ether oxygens (including phenoxy) is 2. The molecule has 13 nitrogen and oxygen atoms in total. The molecule has 1 spiro atoms. The number of morpholine rings is 1. The van der Waals surface area contributed by atoms with E-state index in [1.807, 2.05) is 102 Å². The van der Waals surface area contributed by atoms with E-state index in [0.29, 0.717) is 27.8 Å². The summed E-state index contributed by atoms with van der Waals surface area (Å²) in [6.07, 6.45) is -1.99. The number of esters is 1. The van der Waals surface area contributed by atoms with Crippen LogP contribution in [0.2, 0.25) is 0 Å². The van der Waals surface area contributed by atoms with Crippen LogP contribution >= 0.6 is 0 Å². The van der Waals surface area contributed by atoms with Gasteiger partial charge in [0, 0.05) is 24.1 Å². The second-order valence-corrected chi connectivity index (χ2v) is 17.3. The number of anilines is 1. The van der Waals surface area contributed by atoms with Gasteiger partial charge in [0.1, 0.15) is 29.9 Å². The molecule has 13 heteroatoms. The number of aliphatic hydroxyl groups is 3. The molecule has 3 heterocycles. The summed E-state index contributed by atoms with van der Waals surface area (Å²) in [6, 6.07) is 43.7. The molecule has 0 unspecified atom stereocenters. The van der Waals surface area contributed by atoms with Crippen molar-refractivity contribution in [2.24, 2.45) is 5.92 Å². The molecule has 4 amide bonds. The van der Waals surface area contributed by atoms with E-state index in [0.717, 1.165) is 10.5 Å². The summed E-state index contributed by atoms with van der Waals surface area (Å²) in [6.45, 7) is 0.847. The Morgan fingerprint density at radius 2 is 1.39 bits per heavy atom. The van der Waals surface area contributed by atoms with E-state index in [4.69, 9.17) is 9.47 Å². The van der Waals surface area contributed by atoms with Crippen molar-refractivity contribution < 1.29 is 44.0 Å². The van der Waals surface area contributed by atoms with Crippen molar-refractivity contribution in [3.63, 3.8) is 0 Å². The van der Waals surface area contributed by atoms with E-state index >= 15 is 19.2 Å². The first kappa shape index (κ1) is 46.5. The summed E-state index contributed by atoms with van der Waals surface area (Å²) in [5.74, 6) is 2.35. The van der Waals surface area contributed by atoms with E-state index < -0.39 is 71.5 Å². The van der Waals surface area contributed by atoms with Crippen molar-refractivity contribution in [2.45, 2.75) is 55.1 Å². The fourth-order valence-corrected chi connectivity index (χ4v) is 10.3. The summed E-state index contributed by atoms with van der Waals surface area (Å²) < 4.78 is 12.9. The minimum atomic E-state index is -2.14. The fraction of sp³-hybridized carbons (Fsp3) is 0.250. The lowest BCUT2D eigenvalue weighted by Gasteiger charge is -2.46. The average Bonchev–Trinajstić information content (AvgIpc) is 3.84. The number of hydrogen-bond acceptors (Lipinski definition) is 10. The first-order valence-electron chi connectivity index (χ1n) is 23.0. The Labute approximate surface area is 400 Å². The lowest BCUT2D eigenvalue weighted by molar-refractivity contribution is -0.178. The molecule has 0 radical (unpaired) electrons. The second-order valence-electron chi connectivity index (χ2n) is 17.3. The van der Waals surface area contributed by atoms with Gasteiger partial charge in [0.2, 0.25) is 11.8 Å². The number of cyclic esters (lactones) is 1. The first-order valence-corrected chi connectivity index (χ1v) is 23.0. The van der Waals surface area contributed by atoms with Crippen LogP contribution < -0.4 is 20.3 Å². The summed E-state index contributed by atoms with van der Waals surface area (Å²) >= 11 is 0. The number of urea groups is 1. The normalized spacial score (nSPS) is 22.4. The van der Waals surface area contributed by atoms with Gasteiger partial charge in [-0.1, -0.05) is 151 Å². The molecule has 0 aliphatic carbocycles. The summed E-state index contributed by atoms with van der Waals surface area (Å²) in [4.78, 5) is 65.9. The molecule has 2 fully saturated rings. The van der Waals surface area contributed by atoms with Crippen molar-refractivity contribution in [1.82, 2.24) is 15.5 Å². The van der Waals surface area contributed by atoms with Gasteiger partial charge in [0.25, 0.3) is 0 Å². The molecule has 6 aromatic carbocycles. The highest BCUT2D eigenvalue weighted by Crippen LogP contribution is 2.66. The molecule has 6 aromatic rings. The van der Waals surface area contributed by atoms with E-state index in [9.17, 15) is 15.3 Å². The van der Waals surface area contributed by atoms with E-state index in [1.165, 1.54) is 0 Å². The molecule has 8 atom stereocenters. The number of hydrogen-bond donors (Lipinski definition) is 5. The third-order valence-electron chi connectivity index (χ3n) is 13.3. The highest BCUT2D eigenvalue weighted by molar-refractivity contribution is 6.24. The number of fused-ring (bicyclic) bond motifs is 3. The monoisotopic (exact) mass is 924 g/mol. The molecule has 5 N–H and O–H groups in total. The number of amides is 4. The minimum Gasteiger partial charge on any atom is -0.491 e. The smallest absolute Gasteiger partial charge is 0.329 e. The molecule has 0 saturated carbocycles. The van der Waals surface area contributed by atoms with Crippen LogP contribution in [0.4, 0.5) is 10.5 Å². The van der Waals surface area contributed by atoms with Gasteiger partial charge in [-0.25, -0.2) is 9.69 Å². The number of benzene rings is 6. The van der Waals surface area contributed by atoms with Gasteiger partial charge in [-0.2, -0.15) is 0 Å². The van der Waals surface area contributed by atoms with Crippen LogP contribution in [0, 0.1) is 17.8 Å². The highest BCUT2D eigenvalue weighted by atomic mass is 16.6. The zero-order chi connectivity index (χ0) is 48.1. The lowest BCUT2D eigenvalue weighted by atomic mass is 9.65. The van der Waals surface area contributed by atoms with Crippen molar-refractivity contribution >= 4 is 29.5 Å². The van der Waals surface area contributed by atoms with Gasteiger partial charge < -0.3 is 35.4 Å². The zero-order valence-electron chi connectivity index (χ0n) is 37.9. The Morgan fingerprint density at radius 3 is 2.06 bits per heavy atom. The number of imide groups is 1. The van der Waals surface area contributed by atoms with Gasteiger partial charge >= 0.3 is 12.0 Å². The molecule has 0 aromatic heterocycles. The molecular formula is C56H52N4O9. The SMILES string of the molecule is C[C@@H](NC(=O)N1C(=O)[C@@]2(c3cc(C#CCCO)ccc31)[C@H](C(=O)NC[C@H](O)c1ccccc1)[C@H]1C(=O)O[C@H](c3ccccc3)[C@H](c3ccccc3)N1[C@@H]2c1ccccc1OCCO)c1ccccc1. The largest absolute Gasteiger partial charge is 0.491 e. The number of carbonyl (C=O) groups is 4. The number of carbonyl (C=O) groups excluding carboxylic acids is 4. The van der Waals surface area contributed by atoms with Crippen LogP contribution in [0.25, 0.3) is 0 Å². The van der Waals surface area contributed by atoms with Gasteiger partial charge in [-0.3, -0.25) is 19.3 Å². The number of rotatable bonds is 13. The van der Waals surface area contributed by atoms with Gasteiger partial charge in [0.05, 0.1) is 49.0 Å². The van der Waals surface area contributed by atoms with Crippen molar-refractivity contribution in [3.05, 3.63) is 203 Å². The van der Waals surface area contributed by atoms with Crippen LogP contribution in [0.5, 0.6) is 5.75 Å². The summed E-state index contributed by atoms with van der Waals surface area (Å²) in [7, 11) is 0. The van der Waals surface area contributed by atoms with E-state index in [-0.39, 0.29) is 49.8 Å². The van der Waals surface area contributed by atoms with Crippen LogP contribution in [-0.4, -0.2) is 76.4 Å². The number of aliphatic hydroxyl groups excluding tert-OH is 3. The lowest BCUT2D eigenvalue weighted by Crippen LogP contribution is -2.56. The topological polar surface area (TPSA) is 178 Å². The van der Waals surface area contributed by atoms with Gasteiger partial charge in [0.15, 0.2) is 0 Å². The maximum Gasteiger partial charge on any atom is 0.329 e. The van der Waals surface area contributed by atoms with E-state index in [2.05, 4.69) is 22.5 Å². The first-order chi connectivity index (χ1) is 33.7. The third kappa shape index (κ3) is 8.64. The molecule has 2 saturated heterocycles. The molecule has 3 aliphatic rings. The van der Waals surface area contributed by atoms with Crippen LogP contribution in [-0.2, 0) is 24.5 Å². The highest BCUT2D eigenvalue weighted by Gasteiger charge is 2.76. The van der Waals surface area contributed by atoms with Gasteiger partial charge in [-0.05, 0) is 59.0 Å². The quantitative estimate of drug-likeness (QED) is 0.0613. The van der Waals surface area contributed by atoms with Crippen molar-refractivity contribution in [3.8, 4) is 17.6 Å². The number of nitrogens with one attached hydrogen (secondary N) is 2. The fourth-order valence-electron chi connectivity index (χ4n) is 10.3. The number of para-hydroxylation sites is 1. The Kier molecular flexibility index (Phi) is 13.7. The molecule has 69 heavy (non-hydrogen) atoms. The third-order valence-corrected chi connectivity index (χ3v) is 13.3. The molecule has 350 valence electrons. The van der Waals surface area contributed by atoms with Gasteiger partial charge in [-0.15, -0.1) is 0 Å². The predicted octanol–water partition coefficient (Wildman–Crippen LogP) is 6.78. The minimum absolute atomic E-state index is 0.126. The Hall–Kier alpha value is -7.60. The summed E-state index contributed by atoms with van der Waals surface area (Å²) in [5.41, 5.74) is 1.76. The standard InChI is InChI=1S/C56H52N4O9/c1-36(38-19-6-2-7-20-38)58-55(67)59-44-30-29-37(18-16-17-31-61)34-43(44)56(54(59)66)47(52(64)57-35-45(63)39-21-8-3-9-22-39)49-53(65)69-50(41-25-12-5-13-26-41)48(40-23-10-4-11-24-40)60(49)51(56)42-27-14-15-28-46(42)68-33-32-62/h2-15,19-30,34,36,45,47-51,61-63H,17,31-33,35H2,1H3,(H,57,64)(H,58,67)/t36-,45+,47+,48+,49+,50-,51-,56+/m1/s1. The Balaban J connectivity index is 1.34. The Bertz CT molecular complexity index is 2880. The average molecular weight is 925 g/mol. The predicted molar refractivity (Wildman–Crippen MR) is 257 cm³/mol. The van der Waals surface area contributed by atoms with Crippen molar-refractivity contribution in [2.75, 3.05) is 31.3 Å². The maximum absolute atomic E-state index is 16.7. The summed E-state index contributed by atoms with van der Waals surface area (Å²) in [5, 5.41) is 37.2. The van der Waals surface area contributed by atoms with Crippen LogP contribution in [0.15, 0.2) is 164 Å². The zero-order valence-corrected chi connectivity index (χ0v) is 37.9. The Morgan fingerprint density at radius 1 is 0.768 bits per heavy atom. The number of nitrogens with zero attached hydrogens (tertiary/aromatic N) is 2. The molecular weight excluding hydrogens is 873 g/mol. The molecule has 0 bridgehead atoms. The van der Waals surface area contributed by atoms with Crippen LogP contribution in [0.3, 0.4) is 0 Å². The second kappa shape index (κ2) is 20.3.